The number of nitrogens with one attached hydrogen (secondary N) is 1. The van der Waals surface area contributed by atoms with E-state index in [2.05, 4.69) is 5.32 Å². The number of hydrogen-bond donors (Lipinski definition) is 2. The lowest BCUT2D eigenvalue weighted by Crippen LogP contribution is -2.44. The quantitative estimate of drug-likeness (QED) is 0.807. The molecule has 0 radical (unpaired) electrons. The third-order valence-electron chi connectivity index (χ3n) is 3.11. The smallest absolute Gasteiger partial charge is 0.326 e. The van der Waals surface area contributed by atoms with Gasteiger partial charge < -0.3 is 15.2 Å². The van der Waals surface area contributed by atoms with Gasteiger partial charge in [-0.1, -0.05) is 19.9 Å². The lowest BCUT2D eigenvalue weighted by molar-refractivity contribution is -0.143. The molecule has 1 aromatic carbocycles. The molecule has 0 aliphatic carbocycles. The van der Waals surface area contributed by atoms with Crippen LogP contribution in [0.15, 0.2) is 18.2 Å². The predicted octanol–water partition coefficient (Wildman–Crippen LogP) is 1.99. The number of carbonyl (C=O) groups excluding carboxylic acids is 1. The third kappa shape index (κ3) is 5.06. The van der Waals surface area contributed by atoms with E-state index in [-0.39, 0.29) is 24.0 Å². The van der Waals surface area contributed by atoms with Gasteiger partial charge in [-0.15, -0.1) is 0 Å². The van der Waals surface area contributed by atoms with Gasteiger partial charge in [-0.05, 0) is 30.0 Å². The fourth-order valence-electron chi connectivity index (χ4n) is 1.88. The maximum atomic E-state index is 13.5. The van der Waals surface area contributed by atoms with Crippen molar-refractivity contribution in [1.82, 2.24) is 5.32 Å². The van der Waals surface area contributed by atoms with E-state index in [1.807, 2.05) is 0 Å². The Morgan fingerprint density at radius 1 is 1.38 bits per heavy atom. The fraction of sp³-hybridized carbons (Fsp3) is 0.467. The zero-order valence-corrected chi connectivity index (χ0v) is 12.4. The van der Waals surface area contributed by atoms with Crippen LogP contribution in [0.25, 0.3) is 0 Å². The van der Waals surface area contributed by atoms with Crippen molar-refractivity contribution in [2.45, 2.75) is 32.7 Å². The molecule has 1 atom stereocenters. The standard InChI is InChI=1S/C15H20FNO4/c1-9(2)14(15(19)20)17-13(18)7-5-10-4-6-12(21-3)11(16)8-10/h4,6,8-9,14H,5,7H2,1-3H3,(H,17,18)(H,19,20)/t14-/m0/s1. The molecule has 0 fully saturated rings. The number of carboxylic acids is 1. The van der Waals surface area contributed by atoms with Crippen LogP contribution in [-0.2, 0) is 16.0 Å². The SMILES string of the molecule is COc1ccc(CCC(=O)N[C@H](C(=O)O)C(C)C)cc1F. The lowest BCUT2D eigenvalue weighted by atomic mass is 10.0. The summed E-state index contributed by atoms with van der Waals surface area (Å²) in [5, 5.41) is 11.5. The molecular weight excluding hydrogens is 277 g/mol. The van der Waals surface area contributed by atoms with Crippen molar-refractivity contribution in [3.8, 4) is 5.75 Å². The van der Waals surface area contributed by atoms with Gasteiger partial charge in [0.1, 0.15) is 6.04 Å². The second-order valence-electron chi connectivity index (χ2n) is 5.10. The second kappa shape index (κ2) is 7.61. The van der Waals surface area contributed by atoms with E-state index in [1.54, 1.807) is 19.9 Å². The highest BCUT2D eigenvalue weighted by atomic mass is 19.1. The number of benzene rings is 1. The number of hydrogen-bond acceptors (Lipinski definition) is 3. The number of aryl methyl sites for hydroxylation is 1. The first-order valence-corrected chi connectivity index (χ1v) is 6.69. The average Bonchev–Trinajstić information content (AvgIpc) is 2.42. The molecule has 21 heavy (non-hydrogen) atoms. The van der Waals surface area contributed by atoms with Gasteiger partial charge in [-0.3, -0.25) is 4.79 Å². The van der Waals surface area contributed by atoms with Crippen molar-refractivity contribution in [2.75, 3.05) is 7.11 Å². The van der Waals surface area contributed by atoms with Gasteiger partial charge in [-0.2, -0.15) is 0 Å². The largest absolute Gasteiger partial charge is 0.494 e. The van der Waals surface area contributed by atoms with Gasteiger partial charge in [0.2, 0.25) is 5.91 Å². The number of ether oxygens (including phenoxy) is 1. The Balaban J connectivity index is 2.56. The van der Waals surface area contributed by atoms with E-state index in [1.165, 1.54) is 19.2 Å². The minimum atomic E-state index is -1.06. The third-order valence-corrected chi connectivity index (χ3v) is 3.11. The van der Waals surface area contributed by atoms with Crippen molar-refractivity contribution >= 4 is 11.9 Å². The number of aliphatic carboxylic acids is 1. The number of halogens is 1. The van der Waals surface area contributed by atoms with Crippen LogP contribution in [0.3, 0.4) is 0 Å². The van der Waals surface area contributed by atoms with Gasteiger partial charge >= 0.3 is 5.97 Å². The first-order chi connectivity index (χ1) is 9.85. The van der Waals surface area contributed by atoms with Gasteiger partial charge in [0.25, 0.3) is 0 Å². The summed E-state index contributed by atoms with van der Waals surface area (Å²) in [6, 6.07) is 3.57. The fourth-order valence-corrected chi connectivity index (χ4v) is 1.88. The predicted molar refractivity (Wildman–Crippen MR) is 75.7 cm³/mol. The molecule has 116 valence electrons. The highest BCUT2D eigenvalue weighted by molar-refractivity contribution is 5.83. The molecule has 2 N–H and O–H groups in total. The Morgan fingerprint density at radius 2 is 2.05 bits per heavy atom. The van der Waals surface area contributed by atoms with Crippen molar-refractivity contribution in [3.63, 3.8) is 0 Å². The molecule has 1 rings (SSSR count). The van der Waals surface area contributed by atoms with Crippen molar-refractivity contribution in [3.05, 3.63) is 29.6 Å². The Labute approximate surface area is 123 Å². The number of methoxy groups -OCH3 is 1. The van der Waals surface area contributed by atoms with Crippen LogP contribution >= 0.6 is 0 Å². The molecule has 0 aliphatic rings. The summed E-state index contributed by atoms with van der Waals surface area (Å²) in [6.07, 6.45) is 0.430. The topological polar surface area (TPSA) is 75.6 Å². The number of amides is 1. The summed E-state index contributed by atoms with van der Waals surface area (Å²) in [6.45, 7) is 3.44. The summed E-state index contributed by atoms with van der Waals surface area (Å²) in [5.41, 5.74) is 0.653. The van der Waals surface area contributed by atoms with Crippen molar-refractivity contribution in [2.24, 2.45) is 5.92 Å². The second-order valence-corrected chi connectivity index (χ2v) is 5.10. The first kappa shape index (κ1) is 16.9. The number of carboxylic acid groups (broad SMARTS) is 1. The first-order valence-electron chi connectivity index (χ1n) is 6.69. The van der Waals surface area contributed by atoms with E-state index in [0.717, 1.165) is 0 Å². The minimum absolute atomic E-state index is 0.0995. The normalized spacial score (nSPS) is 12.0. The molecule has 0 aliphatic heterocycles. The van der Waals surface area contributed by atoms with Crippen LogP contribution in [0, 0.1) is 11.7 Å². The van der Waals surface area contributed by atoms with Crippen LogP contribution in [0.4, 0.5) is 4.39 Å². The van der Waals surface area contributed by atoms with Gasteiger partial charge in [0, 0.05) is 6.42 Å². The minimum Gasteiger partial charge on any atom is -0.494 e. The van der Waals surface area contributed by atoms with E-state index < -0.39 is 17.8 Å². The lowest BCUT2D eigenvalue weighted by Gasteiger charge is -2.17. The molecule has 0 aromatic heterocycles. The summed E-state index contributed by atoms with van der Waals surface area (Å²) in [7, 11) is 1.38. The van der Waals surface area contributed by atoms with Gasteiger partial charge in [-0.25, -0.2) is 9.18 Å². The number of carbonyl (C=O) groups is 2. The van der Waals surface area contributed by atoms with Gasteiger partial charge in [0.15, 0.2) is 11.6 Å². The van der Waals surface area contributed by atoms with Crippen LogP contribution in [0.5, 0.6) is 5.75 Å². The molecule has 0 heterocycles. The highest BCUT2D eigenvalue weighted by Gasteiger charge is 2.23. The summed E-state index contributed by atoms with van der Waals surface area (Å²) >= 11 is 0. The molecule has 0 unspecified atom stereocenters. The molecular formula is C15H20FNO4. The van der Waals surface area contributed by atoms with Crippen molar-refractivity contribution in [1.29, 1.82) is 0 Å². The number of rotatable bonds is 7. The van der Waals surface area contributed by atoms with Crippen LogP contribution in [0.2, 0.25) is 0 Å². The average molecular weight is 297 g/mol. The zero-order valence-electron chi connectivity index (χ0n) is 12.4. The summed E-state index contributed by atoms with van der Waals surface area (Å²) in [5.74, 6) is -1.97. The Bertz CT molecular complexity index is 516. The van der Waals surface area contributed by atoms with E-state index in [4.69, 9.17) is 9.84 Å². The van der Waals surface area contributed by atoms with Crippen LogP contribution < -0.4 is 10.1 Å². The molecule has 1 aromatic rings. The maximum absolute atomic E-state index is 13.5. The monoisotopic (exact) mass is 297 g/mol. The maximum Gasteiger partial charge on any atom is 0.326 e. The van der Waals surface area contributed by atoms with Crippen LogP contribution in [-0.4, -0.2) is 30.1 Å². The summed E-state index contributed by atoms with van der Waals surface area (Å²) in [4.78, 5) is 22.7. The van der Waals surface area contributed by atoms with Gasteiger partial charge in [0.05, 0.1) is 7.11 Å². The Morgan fingerprint density at radius 3 is 2.52 bits per heavy atom. The molecule has 1 amide bonds. The molecule has 6 heteroatoms. The molecule has 0 bridgehead atoms. The zero-order chi connectivity index (χ0) is 16.0. The Hall–Kier alpha value is -2.11. The molecule has 0 saturated carbocycles. The highest BCUT2D eigenvalue weighted by Crippen LogP contribution is 2.18. The molecule has 5 nitrogen and oxygen atoms in total. The summed E-state index contributed by atoms with van der Waals surface area (Å²) < 4.78 is 18.3. The van der Waals surface area contributed by atoms with E-state index in [9.17, 15) is 14.0 Å². The van der Waals surface area contributed by atoms with Crippen molar-refractivity contribution < 1.29 is 23.8 Å². The van der Waals surface area contributed by atoms with E-state index >= 15 is 0 Å². The molecule has 0 spiro atoms. The van der Waals surface area contributed by atoms with E-state index in [0.29, 0.717) is 12.0 Å². The van der Waals surface area contributed by atoms with Crippen LogP contribution in [0.1, 0.15) is 25.8 Å². The molecule has 0 saturated heterocycles. The Kier molecular flexibility index (Phi) is 6.14.